The van der Waals surface area contributed by atoms with E-state index in [-0.39, 0.29) is 17.3 Å². The molecule has 1 aliphatic heterocycles. The van der Waals surface area contributed by atoms with Crippen molar-refractivity contribution in [2.75, 3.05) is 11.9 Å². The van der Waals surface area contributed by atoms with E-state index in [0.29, 0.717) is 18.0 Å². The number of ether oxygens (including phenoxy) is 1. The van der Waals surface area contributed by atoms with Crippen molar-refractivity contribution < 1.29 is 17.9 Å². The molecule has 2 heterocycles. The minimum Gasteiger partial charge on any atom is -0.479 e. The maximum atomic E-state index is 12.3. The van der Waals surface area contributed by atoms with Crippen molar-refractivity contribution in [2.45, 2.75) is 24.5 Å². The molecule has 2 N–H and O–H groups in total. The molecule has 0 fully saturated rings. The van der Waals surface area contributed by atoms with Crippen LogP contribution in [0.5, 0.6) is 5.75 Å². The molecule has 9 nitrogen and oxygen atoms in total. The molecule has 23 heavy (non-hydrogen) atoms. The van der Waals surface area contributed by atoms with E-state index < -0.39 is 16.1 Å². The van der Waals surface area contributed by atoms with Crippen LogP contribution >= 0.6 is 0 Å². The topological polar surface area (TPSA) is 115 Å². The minimum atomic E-state index is -3.70. The van der Waals surface area contributed by atoms with Gasteiger partial charge in [0.05, 0.1) is 17.1 Å². The summed E-state index contributed by atoms with van der Waals surface area (Å²) in [5.41, 5.74) is 0.340. The highest BCUT2D eigenvalue weighted by Gasteiger charge is 2.25. The number of anilines is 1. The first-order valence-corrected chi connectivity index (χ1v) is 8.38. The summed E-state index contributed by atoms with van der Waals surface area (Å²) in [6, 6.07) is 4.33. The Hall–Kier alpha value is -2.46. The van der Waals surface area contributed by atoms with Crippen molar-refractivity contribution in [2.24, 2.45) is 0 Å². The normalized spacial score (nSPS) is 17.3. The lowest BCUT2D eigenvalue weighted by Gasteiger charge is -2.23. The highest BCUT2D eigenvalue weighted by atomic mass is 32.2. The first-order chi connectivity index (χ1) is 11.0. The Bertz CT molecular complexity index is 819. The van der Waals surface area contributed by atoms with Crippen LogP contribution in [0.25, 0.3) is 0 Å². The average Bonchev–Trinajstić information content (AvgIpc) is 3.01. The molecule has 0 bridgehead atoms. The Balaban J connectivity index is 1.73. The summed E-state index contributed by atoms with van der Waals surface area (Å²) < 4.78 is 33.9. The molecular weight excluding hydrogens is 322 g/mol. The van der Waals surface area contributed by atoms with Gasteiger partial charge in [-0.25, -0.2) is 18.1 Å². The third-order valence-corrected chi connectivity index (χ3v) is 4.75. The number of nitrogens with one attached hydrogen (secondary N) is 2. The van der Waals surface area contributed by atoms with E-state index in [2.05, 4.69) is 20.1 Å². The smallest absolute Gasteiger partial charge is 0.265 e. The monoisotopic (exact) mass is 337 g/mol. The van der Waals surface area contributed by atoms with Crippen LogP contribution in [0.2, 0.25) is 0 Å². The number of carbonyl (C=O) groups excluding carboxylic acids is 1. The zero-order valence-electron chi connectivity index (χ0n) is 12.3. The van der Waals surface area contributed by atoms with E-state index in [1.165, 1.54) is 35.5 Å². The molecule has 1 aromatic carbocycles. The summed E-state index contributed by atoms with van der Waals surface area (Å²) in [7, 11) is -3.70. The molecule has 1 aromatic heterocycles. The Morgan fingerprint density at radius 3 is 3.00 bits per heavy atom. The van der Waals surface area contributed by atoms with Crippen LogP contribution in [0.1, 0.15) is 6.92 Å². The van der Waals surface area contributed by atoms with Gasteiger partial charge in [0, 0.05) is 6.54 Å². The van der Waals surface area contributed by atoms with Crippen molar-refractivity contribution in [1.82, 2.24) is 19.5 Å². The van der Waals surface area contributed by atoms with E-state index in [4.69, 9.17) is 4.74 Å². The van der Waals surface area contributed by atoms with E-state index in [1.807, 2.05) is 0 Å². The first-order valence-electron chi connectivity index (χ1n) is 6.89. The third kappa shape index (κ3) is 3.32. The van der Waals surface area contributed by atoms with Crippen LogP contribution in [-0.4, -0.2) is 41.7 Å². The average molecular weight is 337 g/mol. The minimum absolute atomic E-state index is 0.0493. The lowest BCUT2D eigenvalue weighted by atomic mass is 10.2. The second kappa shape index (κ2) is 5.97. The molecule has 0 saturated heterocycles. The van der Waals surface area contributed by atoms with Gasteiger partial charge in [-0.1, -0.05) is 0 Å². The van der Waals surface area contributed by atoms with Crippen molar-refractivity contribution in [3.8, 4) is 5.75 Å². The fourth-order valence-corrected chi connectivity index (χ4v) is 3.13. The number of rotatable bonds is 5. The molecular formula is C13H15N5O4S. The van der Waals surface area contributed by atoms with Gasteiger partial charge in [-0.2, -0.15) is 5.10 Å². The van der Waals surface area contributed by atoms with Crippen LogP contribution in [0.4, 0.5) is 5.69 Å². The zero-order chi connectivity index (χ0) is 16.4. The highest BCUT2D eigenvalue weighted by molar-refractivity contribution is 7.89. The van der Waals surface area contributed by atoms with Gasteiger partial charge < -0.3 is 10.1 Å². The number of benzene rings is 1. The fraction of sp³-hybridized carbons (Fsp3) is 0.308. The molecule has 1 amide bonds. The second-order valence-corrected chi connectivity index (χ2v) is 6.73. The van der Waals surface area contributed by atoms with Gasteiger partial charge in [0.2, 0.25) is 10.0 Å². The van der Waals surface area contributed by atoms with E-state index >= 15 is 0 Å². The molecule has 0 saturated carbocycles. The van der Waals surface area contributed by atoms with Crippen LogP contribution in [-0.2, 0) is 21.4 Å². The van der Waals surface area contributed by atoms with Crippen molar-refractivity contribution in [3.05, 3.63) is 30.9 Å². The summed E-state index contributed by atoms with van der Waals surface area (Å²) in [5, 5.41) is 6.51. The number of aromatic nitrogens is 3. The molecule has 2 aromatic rings. The summed E-state index contributed by atoms with van der Waals surface area (Å²) in [6.07, 6.45) is 2.27. The Labute approximate surface area is 132 Å². The van der Waals surface area contributed by atoms with Crippen LogP contribution in [0.3, 0.4) is 0 Å². The molecule has 0 radical (unpaired) electrons. The van der Waals surface area contributed by atoms with Gasteiger partial charge >= 0.3 is 0 Å². The van der Waals surface area contributed by atoms with Gasteiger partial charge in [-0.15, -0.1) is 0 Å². The van der Waals surface area contributed by atoms with Crippen LogP contribution in [0.15, 0.2) is 35.7 Å². The maximum Gasteiger partial charge on any atom is 0.265 e. The summed E-state index contributed by atoms with van der Waals surface area (Å²) >= 11 is 0. The van der Waals surface area contributed by atoms with Gasteiger partial charge in [-0.3, -0.25) is 9.48 Å². The molecule has 10 heteroatoms. The highest BCUT2D eigenvalue weighted by Crippen LogP contribution is 2.31. The van der Waals surface area contributed by atoms with E-state index in [1.54, 1.807) is 6.92 Å². The molecule has 122 valence electrons. The predicted octanol–water partition coefficient (Wildman–Crippen LogP) is -0.0240. The quantitative estimate of drug-likeness (QED) is 0.792. The maximum absolute atomic E-state index is 12.3. The molecule has 0 spiro atoms. The summed E-state index contributed by atoms with van der Waals surface area (Å²) in [4.78, 5) is 15.4. The number of hydrogen-bond donors (Lipinski definition) is 2. The molecule has 0 aliphatic carbocycles. The first kappa shape index (κ1) is 15.4. The lowest BCUT2D eigenvalue weighted by molar-refractivity contribution is -0.122. The SMILES string of the molecule is C[C@H]1Oc2ccc(S(=O)(=O)NCCn3cncn3)cc2NC1=O. The predicted molar refractivity (Wildman–Crippen MR) is 80.4 cm³/mol. The van der Waals surface area contributed by atoms with Gasteiger partial charge in [0.25, 0.3) is 5.91 Å². The van der Waals surface area contributed by atoms with Gasteiger partial charge in [0.1, 0.15) is 18.4 Å². The summed E-state index contributed by atoms with van der Waals surface area (Å²) in [5.74, 6) is 0.129. The summed E-state index contributed by atoms with van der Waals surface area (Å²) in [6.45, 7) is 2.15. The van der Waals surface area contributed by atoms with Crippen molar-refractivity contribution >= 4 is 21.6 Å². The van der Waals surface area contributed by atoms with Gasteiger partial charge in [0.15, 0.2) is 6.10 Å². The standard InChI is InChI=1S/C13H15N5O4S/c1-9-13(19)17-11-6-10(2-3-12(11)22-9)23(20,21)16-4-5-18-8-14-7-15-18/h2-3,6-9,16H,4-5H2,1H3,(H,17,19)/t9-/m1/s1. The fourth-order valence-electron chi connectivity index (χ4n) is 2.08. The van der Waals surface area contributed by atoms with E-state index in [0.717, 1.165) is 0 Å². The molecule has 0 unspecified atom stereocenters. The lowest BCUT2D eigenvalue weighted by Crippen LogP contribution is -2.34. The number of fused-ring (bicyclic) bond motifs is 1. The largest absolute Gasteiger partial charge is 0.479 e. The van der Waals surface area contributed by atoms with Crippen LogP contribution < -0.4 is 14.8 Å². The zero-order valence-corrected chi connectivity index (χ0v) is 13.1. The molecule has 1 aliphatic rings. The molecule has 1 atom stereocenters. The van der Waals surface area contributed by atoms with Crippen molar-refractivity contribution in [1.29, 1.82) is 0 Å². The Kier molecular flexibility index (Phi) is 4.01. The number of nitrogens with zero attached hydrogens (tertiary/aromatic N) is 3. The Morgan fingerprint density at radius 1 is 1.43 bits per heavy atom. The van der Waals surface area contributed by atoms with E-state index in [9.17, 15) is 13.2 Å². The molecule has 3 rings (SSSR count). The number of carbonyl (C=O) groups is 1. The number of amides is 1. The van der Waals surface area contributed by atoms with Crippen molar-refractivity contribution in [3.63, 3.8) is 0 Å². The third-order valence-electron chi connectivity index (χ3n) is 3.29. The Morgan fingerprint density at radius 2 is 2.26 bits per heavy atom. The number of sulfonamides is 1. The number of hydrogen-bond acceptors (Lipinski definition) is 6. The van der Waals surface area contributed by atoms with Crippen LogP contribution in [0, 0.1) is 0 Å². The second-order valence-electron chi connectivity index (χ2n) is 4.96. The van der Waals surface area contributed by atoms with Gasteiger partial charge in [-0.05, 0) is 25.1 Å².